The third kappa shape index (κ3) is 5.89. The lowest BCUT2D eigenvalue weighted by atomic mass is 9.74. The molecule has 1 N–H and O–H groups in total. The Morgan fingerprint density at radius 2 is 1.76 bits per heavy atom. The van der Waals surface area contributed by atoms with E-state index in [4.69, 9.17) is 9.84 Å². The molecule has 1 aliphatic heterocycles. The first kappa shape index (κ1) is 25.1. The maximum Gasteiger partial charge on any atom is 0.304 e. The fourth-order valence-corrected chi connectivity index (χ4v) is 6.06. The number of likely N-dealkylation sites (tertiary alicyclic amines) is 1. The van der Waals surface area contributed by atoms with Crippen molar-refractivity contribution in [3.05, 3.63) is 101 Å². The summed E-state index contributed by atoms with van der Waals surface area (Å²) in [5.74, 6) is 5.44. The van der Waals surface area contributed by atoms with Crippen LogP contribution in [0.1, 0.15) is 66.3 Å². The van der Waals surface area contributed by atoms with E-state index in [0.717, 1.165) is 36.5 Å². The molecule has 3 aromatic rings. The molecule has 190 valence electrons. The summed E-state index contributed by atoms with van der Waals surface area (Å²) < 4.78 is 6.04. The van der Waals surface area contributed by atoms with Crippen LogP contribution in [0.15, 0.2) is 72.8 Å². The molecule has 37 heavy (non-hydrogen) atoms. The van der Waals surface area contributed by atoms with E-state index in [1.54, 1.807) is 18.1 Å². The van der Waals surface area contributed by atoms with E-state index in [-0.39, 0.29) is 12.3 Å². The number of hydrogen-bond acceptors (Lipinski definition) is 3. The van der Waals surface area contributed by atoms with Gasteiger partial charge in [0.1, 0.15) is 12.4 Å². The molecule has 4 nitrogen and oxygen atoms in total. The Morgan fingerprint density at radius 3 is 2.51 bits per heavy atom. The third-order valence-corrected chi connectivity index (χ3v) is 8.06. The molecule has 3 aromatic carbocycles. The van der Waals surface area contributed by atoms with Crippen LogP contribution in [0.4, 0.5) is 0 Å². The molecule has 1 saturated heterocycles. The van der Waals surface area contributed by atoms with Crippen LogP contribution in [0.3, 0.4) is 0 Å². The van der Waals surface area contributed by atoms with Gasteiger partial charge < -0.3 is 9.84 Å². The van der Waals surface area contributed by atoms with Crippen molar-refractivity contribution in [1.82, 2.24) is 4.90 Å². The summed E-state index contributed by atoms with van der Waals surface area (Å²) in [6.07, 6.45) is 5.04. The van der Waals surface area contributed by atoms with Crippen LogP contribution in [-0.4, -0.2) is 29.1 Å². The SMILES string of the molecule is CC#C[C@@H](CC(=O)O)c1ccc(OCc2cccc(CN3CCC4(CCc5ccccc54)CC3)c2)cc1. The zero-order chi connectivity index (χ0) is 25.7. The van der Waals surface area contributed by atoms with Crippen molar-refractivity contribution in [3.8, 4) is 17.6 Å². The van der Waals surface area contributed by atoms with Gasteiger partial charge in [-0.3, -0.25) is 9.69 Å². The summed E-state index contributed by atoms with van der Waals surface area (Å²) in [6, 6.07) is 25.4. The first-order valence-corrected chi connectivity index (χ1v) is 13.3. The predicted molar refractivity (Wildman–Crippen MR) is 147 cm³/mol. The van der Waals surface area contributed by atoms with Crippen LogP contribution in [0.25, 0.3) is 0 Å². The molecule has 5 rings (SSSR count). The lowest BCUT2D eigenvalue weighted by Crippen LogP contribution is -2.41. The highest BCUT2D eigenvalue weighted by molar-refractivity contribution is 5.69. The van der Waals surface area contributed by atoms with Gasteiger partial charge in [-0.2, -0.15) is 0 Å². The van der Waals surface area contributed by atoms with Crippen molar-refractivity contribution in [1.29, 1.82) is 0 Å². The number of ether oxygens (including phenoxy) is 1. The van der Waals surface area contributed by atoms with Crippen LogP contribution >= 0.6 is 0 Å². The standard InChI is InChI=1S/C33H35NO3/c1-2-6-29(22-32(35)36)27-11-13-30(14-12-27)37-24-26-8-5-7-25(21-26)23-34-19-17-33(18-20-34)16-15-28-9-3-4-10-31(28)33/h3-5,7-14,21,29H,15-20,22-24H2,1H3,(H,35,36)/t29-/m0/s1. The van der Waals surface area contributed by atoms with E-state index in [1.165, 1.54) is 31.2 Å². The molecule has 2 aliphatic rings. The highest BCUT2D eigenvalue weighted by Gasteiger charge is 2.40. The molecule has 0 saturated carbocycles. The summed E-state index contributed by atoms with van der Waals surface area (Å²) >= 11 is 0. The number of aryl methyl sites for hydroxylation is 1. The van der Waals surface area contributed by atoms with Crippen LogP contribution in [0.2, 0.25) is 0 Å². The molecule has 1 fully saturated rings. The summed E-state index contributed by atoms with van der Waals surface area (Å²) in [6.45, 7) is 5.50. The first-order chi connectivity index (χ1) is 18.0. The average Bonchev–Trinajstić information content (AvgIpc) is 3.27. The molecule has 0 aromatic heterocycles. The Hall–Kier alpha value is -3.55. The molecule has 0 amide bonds. The van der Waals surface area contributed by atoms with Gasteiger partial charge in [-0.1, -0.05) is 66.6 Å². The van der Waals surface area contributed by atoms with Crippen molar-refractivity contribution in [2.45, 2.75) is 63.5 Å². The number of rotatable bonds is 8. The Balaban J connectivity index is 1.15. The van der Waals surface area contributed by atoms with Crippen molar-refractivity contribution < 1.29 is 14.6 Å². The fraction of sp³-hybridized carbons (Fsp3) is 0.364. The molecule has 4 heteroatoms. The maximum absolute atomic E-state index is 11.1. The molecule has 0 bridgehead atoms. The molecule has 1 aliphatic carbocycles. The lowest BCUT2D eigenvalue weighted by Gasteiger charge is -2.40. The van der Waals surface area contributed by atoms with Gasteiger partial charge in [-0.25, -0.2) is 0 Å². The topological polar surface area (TPSA) is 49.8 Å². The maximum atomic E-state index is 11.1. The van der Waals surface area contributed by atoms with Crippen molar-refractivity contribution in [3.63, 3.8) is 0 Å². The van der Waals surface area contributed by atoms with Gasteiger partial charge in [-0.15, -0.1) is 5.92 Å². The quantitative estimate of drug-likeness (QED) is 0.373. The Morgan fingerprint density at radius 1 is 1.00 bits per heavy atom. The van der Waals surface area contributed by atoms with E-state index in [0.29, 0.717) is 12.0 Å². The number of piperidine rings is 1. The second-order valence-corrected chi connectivity index (χ2v) is 10.4. The smallest absolute Gasteiger partial charge is 0.304 e. The highest BCUT2D eigenvalue weighted by Crippen LogP contribution is 2.46. The predicted octanol–water partition coefficient (Wildman–Crippen LogP) is 6.33. The molecule has 1 spiro atoms. The molecule has 0 radical (unpaired) electrons. The van der Waals surface area contributed by atoms with E-state index in [1.807, 2.05) is 24.3 Å². The number of aliphatic carboxylic acids is 1. The number of hydrogen-bond donors (Lipinski definition) is 1. The minimum absolute atomic E-state index is 0.000863. The van der Waals surface area contributed by atoms with Crippen molar-refractivity contribution in [2.24, 2.45) is 0 Å². The van der Waals surface area contributed by atoms with E-state index < -0.39 is 5.97 Å². The summed E-state index contributed by atoms with van der Waals surface area (Å²) in [4.78, 5) is 13.7. The number of benzene rings is 3. The highest BCUT2D eigenvalue weighted by atomic mass is 16.5. The zero-order valence-electron chi connectivity index (χ0n) is 21.6. The molecule has 0 unspecified atom stereocenters. The second-order valence-electron chi connectivity index (χ2n) is 10.4. The largest absolute Gasteiger partial charge is 0.489 e. The number of carboxylic acid groups (broad SMARTS) is 1. The van der Waals surface area contributed by atoms with E-state index in [9.17, 15) is 4.79 Å². The van der Waals surface area contributed by atoms with Gasteiger partial charge >= 0.3 is 5.97 Å². The number of nitrogens with zero attached hydrogens (tertiary/aromatic N) is 1. The summed E-state index contributed by atoms with van der Waals surface area (Å²) in [7, 11) is 0. The van der Waals surface area contributed by atoms with Gasteiger partial charge in [0, 0.05) is 6.54 Å². The van der Waals surface area contributed by atoms with Crippen LogP contribution < -0.4 is 4.74 Å². The molecule has 1 atom stereocenters. The molecular weight excluding hydrogens is 458 g/mol. The van der Waals surface area contributed by atoms with Gasteiger partial charge in [-0.05, 0) is 91.1 Å². The first-order valence-electron chi connectivity index (χ1n) is 13.3. The Kier molecular flexibility index (Phi) is 7.63. The number of carboxylic acids is 1. The number of fused-ring (bicyclic) bond motifs is 2. The average molecular weight is 494 g/mol. The normalized spacial score (nSPS) is 17.0. The fourth-order valence-electron chi connectivity index (χ4n) is 6.06. The van der Waals surface area contributed by atoms with Crippen molar-refractivity contribution in [2.75, 3.05) is 13.1 Å². The van der Waals surface area contributed by atoms with Crippen LogP contribution in [0, 0.1) is 11.8 Å². The van der Waals surface area contributed by atoms with E-state index >= 15 is 0 Å². The molecular formula is C33H35NO3. The third-order valence-electron chi connectivity index (χ3n) is 8.06. The molecule has 1 heterocycles. The minimum Gasteiger partial charge on any atom is -0.489 e. The van der Waals surface area contributed by atoms with E-state index in [2.05, 4.69) is 65.3 Å². The van der Waals surface area contributed by atoms with Gasteiger partial charge in [0.2, 0.25) is 0 Å². The zero-order valence-corrected chi connectivity index (χ0v) is 21.6. The van der Waals surface area contributed by atoms with Gasteiger partial charge in [0.05, 0.1) is 12.3 Å². The lowest BCUT2D eigenvalue weighted by molar-refractivity contribution is -0.137. The second kappa shape index (κ2) is 11.2. The number of carbonyl (C=O) groups is 1. The van der Waals surface area contributed by atoms with Crippen molar-refractivity contribution >= 4 is 5.97 Å². The summed E-state index contributed by atoms with van der Waals surface area (Å²) in [5, 5.41) is 9.15. The summed E-state index contributed by atoms with van der Waals surface area (Å²) in [5.41, 5.74) is 6.95. The minimum atomic E-state index is -0.846. The van der Waals surface area contributed by atoms with Gasteiger partial charge in [0.25, 0.3) is 0 Å². The van der Waals surface area contributed by atoms with Crippen LogP contribution in [0.5, 0.6) is 5.75 Å². The Labute approximate surface area is 220 Å². The van der Waals surface area contributed by atoms with Crippen LogP contribution in [-0.2, 0) is 29.8 Å². The van der Waals surface area contributed by atoms with Gasteiger partial charge in [0.15, 0.2) is 0 Å². The monoisotopic (exact) mass is 493 g/mol. The Bertz CT molecular complexity index is 1290.